The molecule has 0 aliphatic heterocycles. The molecule has 51 heavy (non-hydrogen) atoms. The normalized spacial score (nSPS) is 11.9. The van der Waals surface area contributed by atoms with Gasteiger partial charge in [0.15, 0.2) is 0 Å². The molecule has 0 N–H and O–H groups in total. The van der Waals surface area contributed by atoms with Gasteiger partial charge in [-0.1, -0.05) is 146 Å². The molecule has 0 amide bonds. The first kappa shape index (κ1) is 28.1. The van der Waals surface area contributed by atoms with Crippen LogP contribution in [0.15, 0.2) is 182 Å². The summed E-state index contributed by atoms with van der Waals surface area (Å²) in [6.07, 6.45) is 0. The third-order valence-electron chi connectivity index (χ3n) is 10.7. The molecule has 0 unspecified atom stereocenters. The lowest BCUT2D eigenvalue weighted by Gasteiger charge is -2.18. The van der Waals surface area contributed by atoms with Gasteiger partial charge in [-0.2, -0.15) is 0 Å². The van der Waals surface area contributed by atoms with Crippen molar-refractivity contribution in [2.45, 2.75) is 0 Å². The quantitative estimate of drug-likeness (QED) is 0.138. The van der Waals surface area contributed by atoms with Crippen LogP contribution >= 0.6 is 0 Å². The standard InChI is InChI=1S/C49H30N2/c1-2-12-34-29-35(26-23-31(34)11-1)32-21-24-33(25-22-32)47-38-14-3-5-16-40(38)48(41-17-6-4-15-39(41)47)36-27-28-42-43(30-36)37-13-7-9-19-45(37)51-46-20-10-8-18-44(46)50-49(42)51/h1-30H. The molecule has 0 atom stereocenters. The van der Waals surface area contributed by atoms with Gasteiger partial charge >= 0.3 is 0 Å². The van der Waals surface area contributed by atoms with Crippen molar-refractivity contribution in [3.8, 4) is 33.4 Å². The van der Waals surface area contributed by atoms with E-state index in [0.717, 1.165) is 22.1 Å². The molecule has 2 heteroatoms. The molecule has 11 rings (SSSR count). The molecule has 2 aromatic heterocycles. The van der Waals surface area contributed by atoms with Crippen LogP contribution in [-0.4, -0.2) is 9.38 Å². The number of benzene rings is 9. The molecule has 0 spiro atoms. The Morgan fingerprint density at radius 3 is 1.57 bits per heavy atom. The third kappa shape index (κ3) is 4.20. The highest BCUT2D eigenvalue weighted by Crippen LogP contribution is 2.45. The maximum Gasteiger partial charge on any atom is 0.146 e. The highest BCUT2D eigenvalue weighted by Gasteiger charge is 2.19. The van der Waals surface area contributed by atoms with E-state index in [1.165, 1.54) is 82.0 Å². The lowest BCUT2D eigenvalue weighted by molar-refractivity contribution is 1.31. The number of rotatable bonds is 3. The van der Waals surface area contributed by atoms with Gasteiger partial charge in [0.1, 0.15) is 5.65 Å². The number of para-hydroxylation sites is 3. The number of nitrogens with zero attached hydrogens (tertiary/aromatic N) is 2. The minimum absolute atomic E-state index is 0.994. The minimum atomic E-state index is 0.994. The Kier molecular flexibility index (Phi) is 5.99. The Morgan fingerprint density at radius 1 is 0.314 bits per heavy atom. The number of hydrogen-bond donors (Lipinski definition) is 0. The molecule has 0 aliphatic rings. The van der Waals surface area contributed by atoms with Gasteiger partial charge in [-0.15, -0.1) is 0 Å². The summed E-state index contributed by atoms with van der Waals surface area (Å²) in [4.78, 5) is 5.14. The van der Waals surface area contributed by atoms with Crippen LogP contribution in [0.3, 0.4) is 0 Å². The van der Waals surface area contributed by atoms with E-state index in [9.17, 15) is 0 Å². The van der Waals surface area contributed by atoms with E-state index < -0.39 is 0 Å². The van der Waals surface area contributed by atoms with Crippen LogP contribution < -0.4 is 0 Å². The molecule has 0 fully saturated rings. The smallest absolute Gasteiger partial charge is 0.146 e. The van der Waals surface area contributed by atoms with E-state index in [1.54, 1.807) is 0 Å². The zero-order chi connectivity index (χ0) is 33.5. The average molecular weight is 647 g/mol. The van der Waals surface area contributed by atoms with E-state index in [-0.39, 0.29) is 0 Å². The van der Waals surface area contributed by atoms with Crippen molar-refractivity contribution in [1.82, 2.24) is 9.38 Å². The number of hydrogen-bond acceptors (Lipinski definition) is 1. The highest BCUT2D eigenvalue weighted by atomic mass is 15.0. The van der Waals surface area contributed by atoms with Crippen LogP contribution in [0.5, 0.6) is 0 Å². The molecular weight excluding hydrogens is 617 g/mol. The largest absolute Gasteiger partial charge is 0.292 e. The molecule has 9 aromatic carbocycles. The summed E-state index contributed by atoms with van der Waals surface area (Å²) in [5.74, 6) is 0. The molecule has 2 heterocycles. The van der Waals surface area contributed by atoms with E-state index >= 15 is 0 Å². The van der Waals surface area contributed by atoms with Gasteiger partial charge < -0.3 is 0 Å². The lowest BCUT2D eigenvalue weighted by Crippen LogP contribution is -1.93. The number of fused-ring (bicyclic) bond motifs is 11. The van der Waals surface area contributed by atoms with Gasteiger partial charge in [0.25, 0.3) is 0 Å². The fourth-order valence-electron chi connectivity index (χ4n) is 8.41. The molecule has 2 nitrogen and oxygen atoms in total. The molecule has 0 bridgehead atoms. The maximum absolute atomic E-state index is 5.14. The summed E-state index contributed by atoms with van der Waals surface area (Å²) >= 11 is 0. The molecule has 0 saturated heterocycles. The van der Waals surface area contributed by atoms with Gasteiger partial charge in [0, 0.05) is 10.8 Å². The van der Waals surface area contributed by atoms with Crippen molar-refractivity contribution in [3.05, 3.63) is 182 Å². The Hall–Kier alpha value is -6.77. The van der Waals surface area contributed by atoms with E-state index in [4.69, 9.17) is 4.98 Å². The fraction of sp³-hybridized carbons (Fsp3) is 0. The molecule has 0 saturated carbocycles. The fourth-order valence-corrected chi connectivity index (χ4v) is 8.41. The highest BCUT2D eigenvalue weighted by molar-refractivity contribution is 6.23. The summed E-state index contributed by atoms with van der Waals surface area (Å²) in [6.45, 7) is 0. The summed E-state index contributed by atoms with van der Waals surface area (Å²) in [5.41, 5.74) is 11.7. The van der Waals surface area contributed by atoms with Crippen LogP contribution in [-0.2, 0) is 0 Å². The number of aromatic nitrogens is 2. The summed E-state index contributed by atoms with van der Waals surface area (Å²) < 4.78 is 2.32. The van der Waals surface area contributed by atoms with E-state index in [2.05, 4.69) is 186 Å². The van der Waals surface area contributed by atoms with Gasteiger partial charge in [0.2, 0.25) is 0 Å². The van der Waals surface area contributed by atoms with Crippen LogP contribution in [0.2, 0.25) is 0 Å². The molecule has 236 valence electrons. The first-order valence-electron chi connectivity index (χ1n) is 17.6. The van der Waals surface area contributed by atoms with Gasteiger partial charge in [-0.05, 0) is 107 Å². The first-order chi connectivity index (χ1) is 25.3. The second-order valence-corrected chi connectivity index (χ2v) is 13.5. The SMILES string of the molecule is c1ccc2cc(-c3ccc(-c4c5ccccc5c(-c5ccc6c(c5)c5ccccc5n5c7ccccc7nc65)c5ccccc45)cc3)ccc2c1. The lowest BCUT2D eigenvalue weighted by atomic mass is 9.85. The Balaban J connectivity index is 1.14. The van der Waals surface area contributed by atoms with E-state index in [0.29, 0.717) is 0 Å². The minimum Gasteiger partial charge on any atom is -0.292 e. The van der Waals surface area contributed by atoms with Crippen LogP contribution in [0.25, 0.3) is 104 Å². The van der Waals surface area contributed by atoms with Gasteiger partial charge in [-0.25, -0.2) is 4.98 Å². The van der Waals surface area contributed by atoms with Crippen molar-refractivity contribution >= 4 is 70.7 Å². The van der Waals surface area contributed by atoms with Crippen molar-refractivity contribution < 1.29 is 0 Å². The van der Waals surface area contributed by atoms with Gasteiger partial charge in [-0.3, -0.25) is 4.40 Å². The topological polar surface area (TPSA) is 17.3 Å². The van der Waals surface area contributed by atoms with E-state index in [1.807, 2.05) is 0 Å². The zero-order valence-electron chi connectivity index (χ0n) is 27.7. The molecule has 11 aromatic rings. The van der Waals surface area contributed by atoms with Crippen LogP contribution in [0.4, 0.5) is 0 Å². The van der Waals surface area contributed by atoms with Crippen molar-refractivity contribution in [2.24, 2.45) is 0 Å². The van der Waals surface area contributed by atoms with Crippen molar-refractivity contribution in [2.75, 3.05) is 0 Å². The maximum atomic E-state index is 5.14. The first-order valence-corrected chi connectivity index (χ1v) is 17.6. The van der Waals surface area contributed by atoms with Crippen LogP contribution in [0, 0.1) is 0 Å². The Bertz CT molecular complexity index is 3130. The Labute approximate surface area is 294 Å². The second kappa shape index (κ2) is 10.9. The molecule has 0 radical (unpaired) electrons. The predicted molar refractivity (Wildman–Crippen MR) is 217 cm³/mol. The number of imidazole rings is 1. The Morgan fingerprint density at radius 2 is 0.843 bits per heavy atom. The third-order valence-corrected chi connectivity index (χ3v) is 10.7. The monoisotopic (exact) mass is 646 g/mol. The summed E-state index contributed by atoms with van der Waals surface area (Å²) in [7, 11) is 0. The van der Waals surface area contributed by atoms with Crippen LogP contribution in [0.1, 0.15) is 0 Å². The average Bonchev–Trinajstić information content (AvgIpc) is 3.60. The zero-order valence-corrected chi connectivity index (χ0v) is 27.7. The van der Waals surface area contributed by atoms with Crippen molar-refractivity contribution in [1.29, 1.82) is 0 Å². The van der Waals surface area contributed by atoms with Gasteiger partial charge in [0.05, 0.1) is 16.6 Å². The summed E-state index contributed by atoms with van der Waals surface area (Å²) in [5, 5.41) is 11.1. The predicted octanol–water partition coefficient (Wildman–Crippen LogP) is 13.3. The summed E-state index contributed by atoms with van der Waals surface area (Å²) in [6, 6.07) is 66.4. The molecule has 0 aliphatic carbocycles. The van der Waals surface area contributed by atoms with Crippen molar-refractivity contribution in [3.63, 3.8) is 0 Å². The number of pyridine rings is 1. The second-order valence-electron chi connectivity index (χ2n) is 13.5. The molecular formula is C49H30N2.